The molecule has 0 atom stereocenters. The number of benzene rings is 1. The standard InChI is InChI=1S/C9H5F3N2S/c10-5-1-4(2-6(11)7(5)12)8-9(13)15-3-14-8/h1-3H,13H2. The van der Waals surface area contributed by atoms with Crippen molar-refractivity contribution in [2.75, 3.05) is 5.73 Å². The van der Waals surface area contributed by atoms with Gasteiger partial charge < -0.3 is 5.73 Å². The van der Waals surface area contributed by atoms with Crippen LogP contribution in [0.15, 0.2) is 17.6 Å². The third-order valence-corrected chi connectivity index (χ3v) is 2.51. The van der Waals surface area contributed by atoms with Crippen LogP contribution in [-0.2, 0) is 0 Å². The lowest BCUT2D eigenvalue weighted by Gasteiger charge is -2.01. The lowest BCUT2D eigenvalue weighted by Crippen LogP contribution is -1.93. The third-order valence-electron chi connectivity index (χ3n) is 1.85. The number of nitrogens with zero attached hydrogens (tertiary/aromatic N) is 1. The van der Waals surface area contributed by atoms with Crippen LogP contribution in [0.3, 0.4) is 0 Å². The maximum Gasteiger partial charge on any atom is 0.194 e. The molecule has 1 aromatic heterocycles. The minimum atomic E-state index is -1.49. The van der Waals surface area contributed by atoms with E-state index in [4.69, 9.17) is 5.73 Å². The second-order valence-corrected chi connectivity index (χ2v) is 3.71. The lowest BCUT2D eigenvalue weighted by molar-refractivity contribution is 0.447. The maximum absolute atomic E-state index is 12.9. The Balaban J connectivity index is 2.60. The van der Waals surface area contributed by atoms with Gasteiger partial charge in [0.05, 0.1) is 5.51 Å². The second kappa shape index (κ2) is 3.54. The van der Waals surface area contributed by atoms with Crippen molar-refractivity contribution in [1.82, 2.24) is 4.98 Å². The van der Waals surface area contributed by atoms with Gasteiger partial charge in [-0.05, 0) is 12.1 Å². The maximum atomic E-state index is 12.9. The van der Waals surface area contributed by atoms with Crippen LogP contribution in [0.5, 0.6) is 0 Å². The summed E-state index contributed by atoms with van der Waals surface area (Å²) in [7, 11) is 0. The molecule has 0 spiro atoms. The van der Waals surface area contributed by atoms with Crippen LogP contribution in [0, 0.1) is 17.5 Å². The Kier molecular flexibility index (Phi) is 2.36. The van der Waals surface area contributed by atoms with Crippen molar-refractivity contribution < 1.29 is 13.2 Å². The van der Waals surface area contributed by atoms with Crippen LogP contribution in [0.1, 0.15) is 0 Å². The van der Waals surface area contributed by atoms with Gasteiger partial charge in [-0.25, -0.2) is 18.2 Å². The highest BCUT2D eigenvalue weighted by molar-refractivity contribution is 7.14. The summed E-state index contributed by atoms with van der Waals surface area (Å²) in [5, 5.41) is 0.334. The van der Waals surface area contributed by atoms with Crippen molar-refractivity contribution in [2.24, 2.45) is 0 Å². The molecule has 0 fully saturated rings. The summed E-state index contributed by atoms with van der Waals surface area (Å²) < 4.78 is 38.4. The summed E-state index contributed by atoms with van der Waals surface area (Å²) in [5.74, 6) is -4.00. The Labute approximate surface area is 87.2 Å². The number of nitrogen functional groups attached to an aromatic ring is 1. The molecule has 2 nitrogen and oxygen atoms in total. The molecule has 0 aliphatic carbocycles. The normalized spacial score (nSPS) is 10.6. The van der Waals surface area contributed by atoms with Gasteiger partial charge in [-0.3, -0.25) is 0 Å². The highest BCUT2D eigenvalue weighted by Crippen LogP contribution is 2.29. The number of thiazole rings is 1. The fourth-order valence-electron chi connectivity index (χ4n) is 1.16. The molecule has 0 bridgehead atoms. The average molecular weight is 230 g/mol. The number of halogens is 3. The van der Waals surface area contributed by atoms with E-state index in [1.54, 1.807) is 0 Å². The predicted octanol–water partition coefficient (Wildman–Crippen LogP) is 2.81. The largest absolute Gasteiger partial charge is 0.389 e. The molecule has 0 saturated heterocycles. The minimum Gasteiger partial charge on any atom is -0.389 e. The van der Waals surface area contributed by atoms with Crippen molar-refractivity contribution in [3.8, 4) is 11.3 Å². The van der Waals surface area contributed by atoms with E-state index in [0.29, 0.717) is 5.00 Å². The molecule has 0 amide bonds. The first-order valence-corrected chi connectivity index (χ1v) is 4.81. The van der Waals surface area contributed by atoms with E-state index in [0.717, 1.165) is 23.5 Å². The van der Waals surface area contributed by atoms with Gasteiger partial charge in [-0.15, -0.1) is 11.3 Å². The molecule has 6 heteroatoms. The molecular formula is C9H5F3N2S. The zero-order valence-electron chi connectivity index (χ0n) is 7.30. The molecule has 0 aliphatic rings. The number of anilines is 1. The van der Waals surface area contributed by atoms with E-state index < -0.39 is 17.5 Å². The molecule has 0 unspecified atom stereocenters. The molecule has 0 saturated carbocycles. The second-order valence-electron chi connectivity index (χ2n) is 2.82. The molecule has 1 aromatic carbocycles. The quantitative estimate of drug-likeness (QED) is 0.765. The minimum absolute atomic E-state index is 0.130. The van der Waals surface area contributed by atoms with Crippen LogP contribution in [0.4, 0.5) is 18.2 Å². The zero-order valence-corrected chi connectivity index (χ0v) is 8.12. The van der Waals surface area contributed by atoms with Gasteiger partial charge in [0.15, 0.2) is 17.5 Å². The number of aromatic nitrogens is 1. The molecular weight excluding hydrogens is 225 g/mol. The Morgan fingerprint density at radius 3 is 2.20 bits per heavy atom. The van der Waals surface area contributed by atoms with Crippen LogP contribution >= 0.6 is 11.3 Å². The van der Waals surface area contributed by atoms with E-state index >= 15 is 0 Å². The monoisotopic (exact) mass is 230 g/mol. The first-order chi connectivity index (χ1) is 7.09. The van der Waals surface area contributed by atoms with Crippen LogP contribution < -0.4 is 5.73 Å². The highest BCUT2D eigenvalue weighted by Gasteiger charge is 2.14. The van der Waals surface area contributed by atoms with Gasteiger partial charge in [0.25, 0.3) is 0 Å². The van der Waals surface area contributed by atoms with Gasteiger partial charge in [-0.2, -0.15) is 0 Å². The SMILES string of the molecule is Nc1scnc1-c1cc(F)c(F)c(F)c1. The summed E-state index contributed by atoms with van der Waals surface area (Å²) in [6.45, 7) is 0. The fourth-order valence-corrected chi connectivity index (χ4v) is 1.72. The number of rotatable bonds is 1. The van der Waals surface area contributed by atoms with Gasteiger partial charge >= 0.3 is 0 Å². The first kappa shape index (κ1) is 9.97. The molecule has 0 aliphatic heterocycles. The van der Waals surface area contributed by atoms with Crippen molar-refractivity contribution in [3.05, 3.63) is 35.1 Å². The van der Waals surface area contributed by atoms with Gasteiger partial charge in [0.2, 0.25) is 0 Å². The molecule has 0 radical (unpaired) electrons. The van der Waals surface area contributed by atoms with Gasteiger partial charge in [-0.1, -0.05) is 0 Å². The van der Waals surface area contributed by atoms with Crippen LogP contribution in [-0.4, -0.2) is 4.98 Å². The van der Waals surface area contributed by atoms with Crippen molar-refractivity contribution in [3.63, 3.8) is 0 Å². The molecule has 15 heavy (non-hydrogen) atoms. The fraction of sp³-hybridized carbons (Fsp3) is 0. The topological polar surface area (TPSA) is 38.9 Å². The average Bonchev–Trinajstić information content (AvgIpc) is 2.60. The Bertz CT molecular complexity index is 487. The number of hydrogen-bond acceptors (Lipinski definition) is 3. The van der Waals surface area contributed by atoms with E-state index in [1.165, 1.54) is 5.51 Å². The number of nitrogens with two attached hydrogens (primary N) is 1. The lowest BCUT2D eigenvalue weighted by atomic mass is 10.1. The van der Waals surface area contributed by atoms with Gasteiger partial charge in [0, 0.05) is 5.56 Å². The Hall–Kier alpha value is -1.56. The third kappa shape index (κ3) is 1.68. The van der Waals surface area contributed by atoms with Crippen molar-refractivity contribution >= 4 is 16.3 Å². The van der Waals surface area contributed by atoms with E-state index in [1.807, 2.05) is 0 Å². The number of hydrogen-bond donors (Lipinski definition) is 1. The molecule has 2 aromatic rings. The molecule has 2 rings (SSSR count). The molecule has 1 heterocycles. The molecule has 2 N–H and O–H groups in total. The predicted molar refractivity (Wildman–Crippen MR) is 51.8 cm³/mol. The summed E-state index contributed by atoms with van der Waals surface area (Å²) in [5.41, 5.74) is 7.37. The molecule has 78 valence electrons. The smallest absolute Gasteiger partial charge is 0.194 e. The van der Waals surface area contributed by atoms with E-state index in [2.05, 4.69) is 4.98 Å². The zero-order chi connectivity index (χ0) is 11.0. The Morgan fingerprint density at radius 2 is 1.73 bits per heavy atom. The summed E-state index contributed by atoms with van der Waals surface area (Å²) in [6.07, 6.45) is 0. The van der Waals surface area contributed by atoms with Crippen LogP contribution in [0.25, 0.3) is 11.3 Å². The summed E-state index contributed by atoms with van der Waals surface area (Å²) in [4.78, 5) is 3.84. The van der Waals surface area contributed by atoms with E-state index in [9.17, 15) is 13.2 Å². The Morgan fingerprint density at radius 1 is 1.13 bits per heavy atom. The van der Waals surface area contributed by atoms with Crippen molar-refractivity contribution in [2.45, 2.75) is 0 Å². The van der Waals surface area contributed by atoms with E-state index in [-0.39, 0.29) is 11.3 Å². The highest BCUT2D eigenvalue weighted by atomic mass is 32.1. The van der Waals surface area contributed by atoms with Crippen LogP contribution in [0.2, 0.25) is 0 Å². The first-order valence-electron chi connectivity index (χ1n) is 3.93. The summed E-state index contributed by atoms with van der Waals surface area (Å²) >= 11 is 1.14. The van der Waals surface area contributed by atoms with Gasteiger partial charge in [0.1, 0.15) is 10.7 Å². The van der Waals surface area contributed by atoms with Crippen molar-refractivity contribution in [1.29, 1.82) is 0 Å². The summed E-state index contributed by atoms with van der Waals surface area (Å²) in [6, 6.07) is 1.73.